The van der Waals surface area contributed by atoms with Crippen LogP contribution in [0, 0.1) is 5.41 Å². The standard InChI is InChI=1S/C23H23ClN6O5.C2HF3O2/c1-34-16-10-9-14(17(24)19(16)35-2)18(29-13-7-5-12(6-8-13)20(25)26)22(31)30(27)21-15(23(32)33)4-3-11-28-21;3-2(4,5)1(6)7/h3-11,18,29H,27H2,1-2H3,(H3,25,26)(H,32,33);(H,6,7). The summed E-state index contributed by atoms with van der Waals surface area (Å²) in [5, 5.41) is 28.0. The number of nitrogens with two attached hydrogens (primary N) is 2. The van der Waals surface area contributed by atoms with Gasteiger partial charge >= 0.3 is 18.1 Å². The maximum absolute atomic E-state index is 13.6. The Hall–Kier alpha value is -5.09. The lowest BCUT2D eigenvalue weighted by Gasteiger charge is -2.26. The number of amidine groups is 1. The number of halogens is 4. The Morgan fingerprint density at radius 3 is 2.14 bits per heavy atom. The molecule has 3 rings (SSSR count). The Labute approximate surface area is 240 Å². The number of ether oxygens (including phenoxy) is 2. The summed E-state index contributed by atoms with van der Waals surface area (Å²) in [5.74, 6) is 1.46. The average Bonchev–Trinajstić information content (AvgIpc) is 2.95. The number of carbonyl (C=O) groups excluding carboxylic acids is 1. The molecule has 1 amide bonds. The van der Waals surface area contributed by atoms with Crippen LogP contribution in [-0.4, -0.2) is 59.3 Å². The molecule has 224 valence electrons. The summed E-state index contributed by atoms with van der Waals surface area (Å²) in [6, 6.07) is 11.1. The summed E-state index contributed by atoms with van der Waals surface area (Å²) in [6.45, 7) is 0. The number of nitrogen functional groups attached to an aromatic ring is 1. The molecule has 1 heterocycles. The molecule has 1 aromatic heterocycles. The number of aliphatic carboxylic acids is 1. The molecular formula is C25H24ClF3N6O7. The molecule has 13 nitrogen and oxygen atoms in total. The third-order valence-corrected chi connectivity index (χ3v) is 5.69. The molecule has 17 heteroatoms. The molecule has 0 saturated heterocycles. The molecule has 2 aromatic carbocycles. The minimum Gasteiger partial charge on any atom is -0.493 e. The first-order chi connectivity index (χ1) is 19.6. The molecule has 0 aliphatic carbocycles. The monoisotopic (exact) mass is 612 g/mol. The van der Waals surface area contributed by atoms with Gasteiger partial charge in [-0.1, -0.05) is 17.7 Å². The molecule has 1 unspecified atom stereocenters. The van der Waals surface area contributed by atoms with E-state index < -0.39 is 30.1 Å². The lowest BCUT2D eigenvalue weighted by Crippen LogP contribution is -2.44. The quantitative estimate of drug-likeness (QED) is 0.0676. The van der Waals surface area contributed by atoms with Gasteiger partial charge in [0.1, 0.15) is 17.4 Å². The topological polar surface area (TPSA) is 214 Å². The second kappa shape index (κ2) is 14.0. The lowest BCUT2D eigenvalue weighted by molar-refractivity contribution is -0.192. The number of benzene rings is 2. The number of nitrogens with zero attached hydrogens (tertiary/aromatic N) is 2. The fourth-order valence-corrected chi connectivity index (χ4v) is 3.65. The lowest BCUT2D eigenvalue weighted by atomic mass is 10.0. The second-order valence-corrected chi connectivity index (χ2v) is 8.34. The molecule has 0 fully saturated rings. The van der Waals surface area contributed by atoms with Gasteiger partial charge < -0.3 is 30.7 Å². The SMILES string of the molecule is COc1ccc(C(Nc2ccc(C(=N)N)cc2)C(=O)N(N)c2ncccc2C(=O)O)c(Cl)c1OC.O=C(O)C(F)(F)F. The zero-order valence-electron chi connectivity index (χ0n) is 21.8. The van der Waals surface area contributed by atoms with Crippen molar-refractivity contribution in [3.63, 3.8) is 0 Å². The van der Waals surface area contributed by atoms with Gasteiger partial charge in [0.05, 0.1) is 19.2 Å². The highest BCUT2D eigenvalue weighted by Gasteiger charge is 2.38. The fourth-order valence-electron chi connectivity index (χ4n) is 3.31. The normalized spacial score (nSPS) is 11.3. The van der Waals surface area contributed by atoms with Crippen LogP contribution in [0.4, 0.5) is 24.7 Å². The summed E-state index contributed by atoms with van der Waals surface area (Å²) in [5.41, 5.74) is 6.51. The molecule has 1 atom stereocenters. The van der Waals surface area contributed by atoms with Crippen molar-refractivity contribution in [1.82, 2.24) is 4.98 Å². The number of pyridine rings is 1. The van der Waals surface area contributed by atoms with Crippen LogP contribution in [0.1, 0.15) is 27.5 Å². The Bertz CT molecular complexity index is 1470. The number of nitrogens with one attached hydrogen (secondary N) is 2. The minimum absolute atomic E-state index is 0.0888. The predicted molar refractivity (Wildman–Crippen MR) is 145 cm³/mol. The summed E-state index contributed by atoms with van der Waals surface area (Å²) in [7, 11) is 2.85. The van der Waals surface area contributed by atoms with Gasteiger partial charge in [-0.05, 0) is 42.5 Å². The first-order valence-electron chi connectivity index (χ1n) is 11.3. The van der Waals surface area contributed by atoms with Crippen LogP contribution >= 0.6 is 11.6 Å². The number of anilines is 2. The number of carboxylic acid groups (broad SMARTS) is 2. The Morgan fingerprint density at radius 2 is 1.67 bits per heavy atom. The van der Waals surface area contributed by atoms with Crippen molar-refractivity contribution in [1.29, 1.82) is 5.41 Å². The van der Waals surface area contributed by atoms with Gasteiger partial charge in [0.25, 0.3) is 5.91 Å². The number of aromatic nitrogens is 1. The van der Waals surface area contributed by atoms with E-state index in [4.69, 9.17) is 48.0 Å². The number of carboxylic acids is 2. The van der Waals surface area contributed by atoms with Crippen LogP contribution in [0.25, 0.3) is 0 Å². The van der Waals surface area contributed by atoms with E-state index in [1.807, 2.05) is 0 Å². The molecule has 0 aliphatic heterocycles. The van der Waals surface area contributed by atoms with E-state index in [1.165, 1.54) is 32.5 Å². The molecule has 8 N–H and O–H groups in total. The van der Waals surface area contributed by atoms with E-state index in [-0.39, 0.29) is 33.6 Å². The van der Waals surface area contributed by atoms with Crippen molar-refractivity contribution in [2.24, 2.45) is 11.6 Å². The number of carbonyl (C=O) groups is 3. The zero-order valence-corrected chi connectivity index (χ0v) is 22.5. The molecular weight excluding hydrogens is 589 g/mol. The van der Waals surface area contributed by atoms with Crippen LogP contribution < -0.4 is 31.4 Å². The van der Waals surface area contributed by atoms with E-state index in [9.17, 15) is 27.9 Å². The highest BCUT2D eigenvalue weighted by Crippen LogP contribution is 2.41. The molecule has 42 heavy (non-hydrogen) atoms. The first-order valence-corrected chi connectivity index (χ1v) is 11.7. The average molecular weight is 613 g/mol. The summed E-state index contributed by atoms with van der Waals surface area (Å²) in [6.07, 6.45) is -3.76. The van der Waals surface area contributed by atoms with Crippen molar-refractivity contribution in [3.8, 4) is 11.5 Å². The first kappa shape index (κ1) is 33.1. The number of hydrazine groups is 1. The second-order valence-electron chi connectivity index (χ2n) is 7.96. The number of methoxy groups -OCH3 is 2. The van der Waals surface area contributed by atoms with E-state index >= 15 is 0 Å². The molecule has 0 radical (unpaired) electrons. The minimum atomic E-state index is -5.08. The highest BCUT2D eigenvalue weighted by molar-refractivity contribution is 6.33. The molecule has 0 saturated carbocycles. The van der Waals surface area contributed by atoms with Crippen LogP contribution in [-0.2, 0) is 9.59 Å². The van der Waals surface area contributed by atoms with Gasteiger partial charge in [0, 0.05) is 23.0 Å². The Kier molecular flexibility index (Phi) is 11.0. The molecule has 3 aromatic rings. The van der Waals surface area contributed by atoms with Crippen LogP contribution in [0.3, 0.4) is 0 Å². The van der Waals surface area contributed by atoms with Gasteiger partial charge in [-0.15, -0.1) is 0 Å². The van der Waals surface area contributed by atoms with Gasteiger partial charge in [0.15, 0.2) is 17.3 Å². The largest absolute Gasteiger partial charge is 0.493 e. The van der Waals surface area contributed by atoms with Crippen molar-refractivity contribution < 1.29 is 47.2 Å². The number of amides is 1. The third-order valence-electron chi connectivity index (χ3n) is 5.30. The Morgan fingerprint density at radius 1 is 1.07 bits per heavy atom. The number of aromatic carboxylic acids is 1. The molecule has 0 bridgehead atoms. The highest BCUT2D eigenvalue weighted by atomic mass is 35.5. The van der Waals surface area contributed by atoms with Crippen molar-refractivity contribution in [2.75, 3.05) is 24.5 Å². The Balaban J connectivity index is 0.000000782. The number of rotatable bonds is 9. The van der Waals surface area contributed by atoms with Crippen molar-refractivity contribution >= 4 is 46.8 Å². The summed E-state index contributed by atoms with van der Waals surface area (Å²) in [4.78, 5) is 38.1. The van der Waals surface area contributed by atoms with Crippen LogP contribution in [0.5, 0.6) is 11.5 Å². The number of hydrogen-bond acceptors (Lipinski definition) is 9. The van der Waals surface area contributed by atoms with E-state index in [0.717, 1.165) is 0 Å². The van der Waals surface area contributed by atoms with Crippen LogP contribution in [0.15, 0.2) is 54.7 Å². The smallest absolute Gasteiger partial charge is 0.490 e. The third kappa shape index (κ3) is 7.98. The van der Waals surface area contributed by atoms with Crippen molar-refractivity contribution in [2.45, 2.75) is 12.2 Å². The number of hydrogen-bond donors (Lipinski definition) is 6. The molecule has 0 spiro atoms. The predicted octanol–water partition coefficient (Wildman–Crippen LogP) is 3.43. The fraction of sp³-hybridized carbons (Fsp3) is 0.160. The summed E-state index contributed by atoms with van der Waals surface area (Å²) >= 11 is 6.59. The van der Waals surface area contributed by atoms with E-state index in [1.54, 1.807) is 36.4 Å². The molecule has 0 aliphatic rings. The van der Waals surface area contributed by atoms with Gasteiger partial charge in [0.2, 0.25) is 0 Å². The maximum Gasteiger partial charge on any atom is 0.490 e. The van der Waals surface area contributed by atoms with Crippen LogP contribution in [0.2, 0.25) is 5.02 Å². The van der Waals surface area contributed by atoms with E-state index in [0.29, 0.717) is 22.0 Å². The van der Waals surface area contributed by atoms with Gasteiger partial charge in [-0.25, -0.2) is 25.4 Å². The van der Waals surface area contributed by atoms with E-state index in [2.05, 4.69) is 10.3 Å². The van der Waals surface area contributed by atoms with Gasteiger partial charge in [-0.3, -0.25) is 10.2 Å². The summed E-state index contributed by atoms with van der Waals surface area (Å²) < 4.78 is 42.4. The number of alkyl halides is 3. The maximum atomic E-state index is 13.6. The van der Waals surface area contributed by atoms with Gasteiger partial charge in [-0.2, -0.15) is 13.2 Å². The zero-order chi connectivity index (χ0) is 31.8. The van der Waals surface area contributed by atoms with Crippen molar-refractivity contribution in [3.05, 3.63) is 76.4 Å².